The van der Waals surface area contributed by atoms with Crippen LogP contribution in [0.3, 0.4) is 0 Å². The van der Waals surface area contributed by atoms with Crippen molar-refractivity contribution in [3.63, 3.8) is 0 Å². The Labute approximate surface area is 184 Å². The van der Waals surface area contributed by atoms with Gasteiger partial charge in [-0.1, -0.05) is 42.6 Å². The molecule has 0 bridgehead atoms. The first kappa shape index (κ1) is 22.3. The Morgan fingerprint density at radius 2 is 2.07 bits per heavy atom. The van der Waals surface area contributed by atoms with Crippen LogP contribution < -0.4 is 0 Å². The van der Waals surface area contributed by atoms with Crippen LogP contribution >= 0.6 is 22.9 Å². The van der Waals surface area contributed by atoms with E-state index in [2.05, 4.69) is 28.5 Å². The summed E-state index contributed by atoms with van der Waals surface area (Å²) in [6, 6.07) is 10.8. The predicted octanol–water partition coefficient (Wildman–Crippen LogP) is 6.65. The Morgan fingerprint density at radius 1 is 1.28 bits per heavy atom. The second kappa shape index (κ2) is 10.1. The summed E-state index contributed by atoms with van der Waals surface area (Å²) in [6.07, 6.45) is 5.07. The van der Waals surface area contributed by atoms with Gasteiger partial charge in [-0.15, -0.1) is 11.3 Å². The molecule has 2 aromatic rings. The van der Waals surface area contributed by atoms with Gasteiger partial charge in [0.25, 0.3) is 0 Å². The minimum Gasteiger partial charge on any atom is -0.466 e. The maximum absolute atomic E-state index is 12.2. The van der Waals surface area contributed by atoms with Gasteiger partial charge in [-0.2, -0.15) is 0 Å². The van der Waals surface area contributed by atoms with Crippen LogP contribution in [0.2, 0.25) is 5.02 Å². The van der Waals surface area contributed by atoms with Crippen molar-refractivity contribution in [2.75, 3.05) is 13.2 Å². The Morgan fingerprint density at radius 3 is 2.83 bits per heavy atom. The highest BCUT2D eigenvalue weighted by Crippen LogP contribution is 2.36. The second-order valence-corrected chi connectivity index (χ2v) is 9.88. The van der Waals surface area contributed by atoms with Gasteiger partial charge in [-0.25, -0.2) is 0 Å². The van der Waals surface area contributed by atoms with Gasteiger partial charge in [0.1, 0.15) is 0 Å². The Kier molecular flexibility index (Phi) is 7.78. The molecule has 1 aromatic carbocycles. The number of benzene rings is 1. The molecule has 0 amide bonds. The van der Waals surface area contributed by atoms with E-state index in [0.717, 1.165) is 50.2 Å². The average Bonchev–Trinajstić information content (AvgIpc) is 3.17. The van der Waals surface area contributed by atoms with Crippen LogP contribution in [0.5, 0.6) is 0 Å². The number of carbonyl (C=O) groups excluding carboxylic acids is 1. The lowest BCUT2D eigenvalue weighted by atomic mass is 9.86. The SMILES string of the molecule is CCOC(=O)C(C)(C)CCCC[C@H](c1ccccc1Cl)N1CCc2sccc2C1. The highest BCUT2D eigenvalue weighted by Gasteiger charge is 2.30. The average molecular weight is 434 g/mol. The van der Waals surface area contributed by atoms with Gasteiger partial charge in [-0.05, 0) is 68.7 Å². The smallest absolute Gasteiger partial charge is 0.311 e. The molecule has 0 unspecified atom stereocenters. The number of nitrogens with zero attached hydrogens (tertiary/aromatic N) is 1. The van der Waals surface area contributed by atoms with E-state index in [1.807, 2.05) is 44.2 Å². The van der Waals surface area contributed by atoms with Crippen molar-refractivity contribution in [2.45, 2.75) is 65.5 Å². The lowest BCUT2D eigenvalue weighted by Crippen LogP contribution is -2.33. The topological polar surface area (TPSA) is 29.5 Å². The van der Waals surface area contributed by atoms with Crippen molar-refractivity contribution in [1.82, 2.24) is 4.90 Å². The summed E-state index contributed by atoms with van der Waals surface area (Å²) in [5.74, 6) is -0.0938. The van der Waals surface area contributed by atoms with Gasteiger partial charge in [0, 0.05) is 29.0 Å². The number of hydrogen-bond donors (Lipinski definition) is 0. The van der Waals surface area contributed by atoms with Crippen molar-refractivity contribution >= 4 is 28.9 Å². The molecule has 0 radical (unpaired) electrons. The fourth-order valence-electron chi connectivity index (χ4n) is 4.15. The quantitative estimate of drug-likeness (QED) is 0.327. The zero-order valence-corrected chi connectivity index (χ0v) is 19.3. The van der Waals surface area contributed by atoms with Gasteiger partial charge in [-0.3, -0.25) is 9.69 Å². The summed E-state index contributed by atoms with van der Waals surface area (Å²) in [7, 11) is 0. The van der Waals surface area contributed by atoms with Gasteiger partial charge >= 0.3 is 5.97 Å². The van der Waals surface area contributed by atoms with Crippen LogP contribution in [0.1, 0.15) is 68.5 Å². The van der Waals surface area contributed by atoms with E-state index < -0.39 is 5.41 Å². The standard InChI is InChI=1S/C24H32ClNO2S/c1-4-28-23(27)24(2,3)14-8-7-11-21(19-9-5-6-10-20(19)25)26-15-12-22-18(17-26)13-16-29-22/h5-6,9-10,13,16,21H,4,7-8,11-12,14-15,17H2,1-3H3/t21-/m1/s1. The molecule has 5 heteroatoms. The van der Waals surface area contributed by atoms with Gasteiger partial charge in [0.2, 0.25) is 0 Å². The van der Waals surface area contributed by atoms with E-state index in [9.17, 15) is 4.79 Å². The molecule has 0 N–H and O–H groups in total. The zero-order chi connectivity index (χ0) is 20.9. The molecule has 0 fully saturated rings. The van der Waals surface area contributed by atoms with Crippen LogP contribution in [0, 0.1) is 5.41 Å². The Bertz CT molecular complexity index is 817. The van der Waals surface area contributed by atoms with E-state index in [-0.39, 0.29) is 5.97 Å². The van der Waals surface area contributed by atoms with Crippen molar-refractivity contribution in [2.24, 2.45) is 5.41 Å². The third-order valence-corrected chi connectivity index (χ3v) is 7.27. The number of hydrogen-bond acceptors (Lipinski definition) is 4. The van der Waals surface area contributed by atoms with E-state index in [4.69, 9.17) is 16.3 Å². The minimum absolute atomic E-state index is 0.0938. The molecule has 1 aromatic heterocycles. The number of ether oxygens (including phenoxy) is 1. The molecule has 29 heavy (non-hydrogen) atoms. The van der Waals surface area contributed by atoms with Crippen molar-refractivity contribution in [1.29, 1.82) is 0 Å². The van der Waals surface area contributed by atoms with E-state index in [0.29, 0.717) is 12.6 Å². The van der Waals surface area contributed by atoms with E-state index in [1.54, 1.807) is 0 Å². The third kappa shape index (κ3) is 5.62. The van der Waals surface area contributed by atoms with Gasteiger partial charge < -0.3 is 4.74 Å². The first-order valence-electron chi connectivity index (χ1n) is 10.6. The molecule has 0 spiro atoms. The van der Waals surface area contributed by atoms with Crippen LogP contribution in [-0.2, 0) is 22.5 Å². The zero-order valence-electron chi connectivity index (χ0n) is 17.7. The second-order valence-electron chi connectivity index (χ2n) is 8.48. The predicted molar refractivity (Wildman–Crippen MR) is 122 cm³/mol. The van der Waals surface area contributed by atoms with Gasteiger partial charge in [0.05, 0.1) is 12.0 Å². The highest BCUT2D eigenvalue weighted by atomic mass is 35.5. The largest absolute Gasteiger partial charge is 0.466 e. The van der Waals surface area contributed by atoms with Crippen LogP contribution in [-0.4, -0.2) is 24.0 Å². The molecule has 3 nitrogen and oxygen atoms in total. The van der Waals surface area contributed by atoms with E-state index >= 15 is 0 Å². The summed E-state index contributed by atoms with van der Waals surface area (Å²) >= 11 is 8.47. The molecule has 0 saturated heterocycles. The molecule has 1 aliphatic heterocycles. The number of fused-ring (bicyclic) bond motifs is 1. The van der Waals surface area contributed by atoms with Gasteiger partial charge in [0.15, 0.2) is 0 Å². The summed E-state index contributed by atoms with van der Waals surface area (Å²) < 4.78 is 5.23. The number of esters is 1. The summed E-state index contributed by atoms with van der Waals surface area (Å²) in [5.41, 5.74) is 2.26. The normalized spacial score (nSPS) is 15.7. The summed E-state index contributed by atoms with van der Waals surface area (Å²) in [4.78, 5) is 16.3. The maximum atomic E-state index is 12.2. The molecule has 3 rings (SSSR count). The van der Waals surface area contributed by atoms with Crippen LogP contribution in [0.25, 0.3) is 0 Å². The molecular formula is C24H32ClNO2S. The number of carbonyl (C=O) groups is 1. The van der Waals surface area contributed by atoms with Crippen molar-refractivity contribution < 1.29 is 9.53 Å². The molecule has 1 atom stereocenters. The van der Waals surface area contributed by atoms with Crippen LogP contribution in [0.15, 0.2) is 35.7 Å². The Hall–Kier alpha value is -1.36. The molecule has 2 heterocycles. The third-order valence-electron chi connectivity index (χ3n) is 5.90. The highest BCUT2D eigenvalue weighted by molar-refractivity contribution is 7.10. The monoisotopic (exact) mass is 433 g/mol. The Balaban J connectivity index is 1.65. The van der Waals surface area contributed by atoms with E-state index in [1.165, 1.54) is 16.0 Å². The fraction of sp³-hybridized carbons (Fsp3) is 0.542. The number of unbranched alkanes of at least 4 members (excludes halogenated alkanes) is 1. The summed E-state index contributed by atoms with van der Waals surface area (Å²) in [5, 5.41) is 3.05. The molecule has 1 aliphatic rings. The molecule has 0 saturated carbocycles. The summed E-state index contributed by atoms with van der Waals surface area (Å²) in [6.45, 7) is 8.33. The lowest BCUT2D eigenvalue weighted by Gasteiger charge is -2.35. The van der Waals surface area contributed by atoms with Crippen LogP contribution in [0.4, 0.5) is 0 Å². The maximum Gasteiger partial charge on any atom is 0.311 e. The minimum atomic E-state index is -0.424. The number of rotatable bonds is 9. The first-order valence-corrected chi connectivity index (χ1v) is 11.9. The molecule has 0 aliphatic carbocycles. The number of thiophene rings is 1. The van der Waals surface area contributed by atoms with Crippen molar-refractivity contribution in [3.8, 4) is 0 Å². The first-order chi connectivity index (χ1) is 13.9. The lowest BCUT2D eigenvalue weighted by molar-refractivity contribution is -0.153. The molecule has 158 valence electrons. The number of halogens is 1. The molecular weight excluding hydrogens is 402 g/mol. The van der Waals surface area contributed by atoms with Crippen molar-refractivity contribution in [3.05, 3.63) is 56.7 Å². The fourth-order valence-corrected chi connectivity index (χ4v) is 5.30.